The first-order valence-electron chi connectivity index (χ1n) is 5.86. The maximum absolute atomic E-state index is 13.3. The van der Waals surface area contributed by atoms with E-state index < -0.39 is 0 Å². The smallest absolute Gasteiger partial charge is 0.129 e. The Morgan fingerprint density at radius 3 is 2.83 bits per heavy atom. The highest BCUT2D eigenvalue weighted by molar-refractivity contribution is 7.10. The van der Waals surface area contributed by atoms with Gasteiger partial charge in [0.15, 0.2) is 0 Å². The summed E-state index contributed by atoms with van der Waals surface area (Å²) in [4.78, 5) is 1.12. The summed E-state index contributed by atoms with van der Waals surface area (Å²) in [6.07, 6.45) is 0. The Balaban J connectivity index is 2.33. The van der Waals surface area contributed by atoms with E-state index in [1.165, 1.54) is 6.07 Å². The average molecular weight is 265 g/mol. The van der Waals surface area contributed by atoms with Crippen molar-refractivity contribution in [3.8, 4) is 5.75 Å². The molecule has 1 N–H and O–H groups in total. The SMILES string of the molecule is CCNC(c1cccc(F)c1)c1cc(OC)cs1. The van der Waals surface area contributed by atoms with Crippen LogP contribution in [0.4, 0.5) is 4.39 Å². The van der Waals surface area contributed by atoms with E-state index in [0.29, 0.717) is 0 Å². The van der Waals surface area contributed by atoms with Gasteiger partial charge in [0.2, 0.25) is 0 Å². The summed E-state index contributed by atoms with van der Waals surface area (Å²) in [5.41, 5.74) is 0.932. The molecule has 1 heterocycles. The third-order valence-corrected chi connectivity index (χ3v) is 3.68. The van der Waals surface area contributed by atoms with Gasteiger partial charge in [0.05, 0.1) is 13.2 Å². The van der Waals surface area contributed by atoms with Gasteiger partial charge in [-0.2, -0.15) is 0 Å². The van der Waals surface area contributed by atoms with Crippen molar-refractivity contribution in [2.75, 3.05) is 13.7 Å². The van der Waals surface area contributed by atoms with Crippen LogP contribution in [0.5, 0.6) is 5.75 Å². The second kappa shape index (κ2) is 5.98. The van der Waals surface area contributed by atoms with Gasteiger partial charge in [-0.05, 0) is 30.3 Å². The van der Waals surface area contributed by atoms with Crippen molar-refractivity contribution in [2.24, 2.45) is 0 Å². The molecule has 0 fully saturated rings. The van der Waals surface area contributed by atoms with Gasteiger partial charge >= 0.3 is 0 Å². The molecular weight excluding hydrogens is 249 g/mol. The Morgan fingerprint density at radius 1 is 1.39 bits per heavy atom. The summed E-state index contributed by atoms with van der Waals surface area (Å²) >= 11 is 1.61. The van der Waals surface area contributed by atoms with Gasteiger partial charge in [0.25, 0.3) is 0 Å². The first kappa shape index (κ1) is 13.1. The van der Waals surface area contributed by atoms with Gasteiger partial charge in [-0.1, -0.05) is 19.1 Å². The van der Waals surface area contributed by atoms with E-state index in [2.05, 4.69) is 5.32 Å². The maximum Gasteiger partial charge on any atom is 0.129 e. The zero-order chi connectivity index (χ0) is 13.0. The second-order valence-electron chi connectivity index (χ2n) is 3.93. The van der Waals surface area contributed by atoms with E-state index in [-0.39, 0.29) is 11.9 Å². The average Bonchev–Trinajstić information content (AvgIpc) is 2.84. The molecule has 2 aromatic rings. The highest BCUT2D eigenvalue weighted by Crippen LogP contribution is 2.31. The molecule has 0 radical (unpaired) electrons. The molecule has 18 heavy (non-hydrogen) atoms. The van der Waals surface area contributed by atoms with Gasteiger partial charge in [0.1, 0.15) is 11.6 Å². The Bertz CT molecular complexity index is 512. The normalized spacial score (nSPS) is 12.4. The van der Waals surface area contributed by atoms with Crippen molar-refractivity contribution in [3.63, 3.8) is 0 Å². The van der Waals surface area contributed by atoms with E-state index >= 15 is 0 Å². The number of nitrogens with one attached hydrogen (secondary N) is 1. The van der Waals surface area contributed by atoms with Crippen LogP contribution in [0.3, 0.4) is 0 Å². The van der Waals surface area contributed by atoms with E-state index in [0.717, 1.165) is 22.7 Å². The molecule has 0 aliphatic rings. The third kappa shape index (κ3) is 2.89. The lowest BCUT2D eigenvalue weighted by atomic mass is 10.1. The van der Waals surface area contributed by atoms with Crippen LogP contribution in [0.15, 0.2) is 35.7 Å². The van der Waals surface area contributed by atoms with E-state index in [4.69, 9.17) is 4.74 Å². The van der Waals surface area contributed by atoms with E-state index in [1.54, 1.807) is 30.6 Å². The predicted molar refractivity (Wildman–Crippen MR) is 72.8 cm³/mol. The van der Waals surface area contributed by atoms with Crippen LogP contribution < -0.4 is 10.1 Å². The minimum Gasteiger partial charge on any atom is -0.496 e. The van der Waals surface area contributed by atoms with Crippen molar-refractivity contribution < 1.29 is 9.13 Å². The lowest BCUT2D eigenvalue weighted by Gasteiger charge is -2.16. The summed E-state index contributed by atoms with van der Waals surface area (Å²) < 4.78 is 18.5. The molecule has 0 bridgehead atoms. The van der Waals surface area contributed by atoms with Crippen LogP contribution in [-0.4, -0.2) is 13.7 Å². The molecule has 2 nitrogen and oxygen atoms in total. The van der Waals surface area contributed by atoms with Crippen LogP contribution in [-0.2, 0) is 0 Å². The van der Waals surface area contributed by atoms with Crippen molar-refractivity contribution in [2.45, 2.75) is 13.0 Å². The first-order valence-corrected chi connectivity index (χ1v) is 6.73. The molecule has 0 aliphatic carbocycles. The first-order chi connectivity index (χ1) is 8.74. The third-order valence-electron chi connectivity index (χ3n) is 2.71. The molecule has 1 aromatic heterocycles. The molecular formula is C14H16FNOS. The molecule has 1 unspecified atom stereocenters. The van der Waals surface area contributed by atoms with Crippen LogP contribution in [0.25, 0.3) is 0 Å². The van der Waals surface area contributed by atoms with Gasteiger partial charge < -0.3 is 10.1 Å². The number of hydrogen-bond acceptors (Lipinski definition) is 3. The highest BCUT2D eigenvalue weighted by atomic mass is 32.1. The van der Waals surface area contributed by atoms with Gasteiger partial charge in [-0.3, -0.25) is 0 Å². The summed E-state index contributed by atoms with van der Waals surface area (Å²) in [5.74, 6) is 0.633. The quantitative estimate of drug-likeness (QED) is 0.892. The fourth-order valence-corrected chi connectivity index (χ4v) is 2.82. The fourth-order valence-electron chi connectivity index (χ4n) is 1.87. The fraction of sp³-hybridized carbons (Fsp3) is 0.286. The Labute approximate surface area is 110 Å². The largest absolute Gasteiger partial charge is 0.496 e. The Morgan fingerprint density at radius 2 is 2.22 bits per heavy atom. The van der Waals surface area contributed by atoms with Crippen molar-refractivity contribution in [1.82, 2.24) is 5.32 Å². The minimum absolute atomic E-state index is 0.0135. The highest BCUT2D eigenvalue weighted by Gasteiger charge is 2.15. The molecule has 1 atom stereocenters. The van der Waals surface area contributed by atoms with Crippen LogP contribution in [0, 0.1) is 5.82 Å². The number of rotatable bonds is 5. The van der Waals surface area contributed by atoms with Crippen molar-refractivity contribution in [3.05, 3.63) is 52.0 Å². The Kier molecular flexibility index (Phi) is 4.33. The van der Waals surface area contributed by atoms with Crippen LogP contribution in [0.1, 0.15) is 23.4 Å². The van der Waals surface area contributed by atoms with Gasteiger partial charge in [0, 0.05) is 10.3 Å². The molecule has 0 saturated heterocycles. The standard InChI is InChI=1S/C14H16FNOS/c1-3-16-14(10-5-4-6-11(15)7-10)13-8-12(17-2)9-18-13/h4-9,14,16H,3H2,1-2H3. The van der Waals surface area contributed by atoms with E-state index in [9.17, 15) is 4.39 Å². The number of thiophene rings is 1. The van der Waals surface area contributed by atoms with Crippen molar-refractivity contribution in [1.29, 1.82) is 0 Å². The zero-order valence-corrected chi connectivity index (χ0v) is 11.3. The lowest BCUT2D eigenvalue weighted by Crippen LogP contribution is -2.21. The number of halogens is 1. The molecule has 4 heteroatoms. The predicted octanol–water partition coefficient (Wildman–Crippen LogP) is 3.59. The monoisotopic (exact) mass is 265 g/mol. The molecule has 96 valence electrons. The molecule has 0 saturated carbocycles. The molecule has 1 aromatic carbocycles. The number of benzene rings is 1. The minimum atomic E-state index is -0.209. The summed E-state index contributed by atoms with van der Waals surface area (Å²) in [6, 6.07) is 8.70. The maximum atomic E-state index is 13.3. The van der Waals surface area contributed by atoms with E-state index in [1.807, 2.05) is 24.4 Å². The molecule has 0 spiro atoms. The molecule has 2 rings (SSSR count). The Hall–Kier alpha value is -1.39. The van der Waals surface area contributed by atoms with Gasteiger partial charge in [-0.25, -0.2) is 4.39 Å². The summed E-state index contributed by atoms with van der Waals surface area (Å²) in [5, 5.41) is 5.33. The van der Waals surface area contributed by atoms with Gasteiger partial charge in [-0.15, -0.1) is 11.3 Å². The lowest BCUT2D eigenvalue weighted by molar-refractivity contribution is 0.416. The van der Waals surface area contributed by atoms with Crippen molar-refractivity contribution >= 4 is 11.3 Å². The topological polar surface area (TPSA) is 21.3 Å². The number of hydrogen-bond donors (Lipinski definition) is 1. The summed E-state index contributed by atoms with van der Waals surface area (Å²) in [6.45, 7) is 2.86. The molecule has 0 aliphatic heterocycles. The number of ether oxygens (including phenoxy) is 1. The van der Waals surface area contributed by atoms with Crippen LogP contribution in [0.2, 0.25) is 0 Å². The summed E-state index contributed by atoms with van der Waals surface area (Å²) in [7, 11) is 1.65. The van der Waals surface area contributed by atoms with Crippen LogP contribution >= 0.6 is 11.3 Å². The zero-order valence-electron chi connectivity index (χ0n) is 10.4. The second-order valence-corrected chi connectivity index (χ2v) is 4.88. The molecule has 0 amide bonds. The number of methoxy groups -OCH3 is 1.